The number of ether oxygens (including phenoxy) is 2. The molecule has 0 bridgehead atoms. The van der Waals surface area contributed by atoms with Crippen molar-refractivity contribution in [2.75, 3.05) is 13.2 Å². The van der Waals surface area contributed by atoms with Gasteiger partial charge in [-0.1, -0.05) is 27.7 Å². The minimum absolute atomic E-state index is 0.0997. The fourth-order valence-corrected chi connectivity index (χ4v) is 7.25. The third kappa shape index (κ3) is 2.26. The van der Waals surface area contributed by atoms with Crippen LogP contribution >= 0.6 is 0 Å². The quantitative estimate of drug-likeness (QED) is 0.650. The van der Waals surface area contributed by atoms with E-state index < -0.39 is 0 Å². The molecule has 4 aliphatic rings. The van der Waals surface area contributed by atoms with E-state index in [0.29, 0.717) is 23.5 Å². The Balaban J connectivity index is 1.68. The van der Waals surface area contributed by atoms with Gasteiger partial charge >= 0.3 is 0 Å². The topological polar surface area (TPSA) is 35.5 Å². The van der Waals surface area contributed by atoms with Gasteiger partial charge in [0.1, 0.15) is 5.78 Å². The van der Waals surface area contributed by atoms with Crippen molar-refractivity contribution >= 4 is 5.78 Å². The first-order chi connectivity index (χ1) is 11.3. The van der Waals surface area contributed by atoms with Crippen molar-refractivity contribution in [3.05, 3.63) is 0 Å². The molecule has 1 heterocycles. The Morgan fingerprint density at radius 3 is 2.38 bits per heavy atom. The average Bonchev–Trinajstić information content (AvgIpc) is 2.95. The highest BCUT2D eigenvalue weighted by Gasteiger charge is 2.61. The van der Waals surface area contributed by atoms with E-state index in [2.05, 4.69) is 27.7 Å². The highest BCUT2D eigenvalue weighted by molar-refractivity contribution is 5.87. The van der Waals surface area contributed by atoms with Crippen LogP contribution in [0.4, 0.5) is 0 Å². The average molecular weight is 335 g/mol. The van der Waals surface area contributed by atoms with Crippen molar-refractivity contribution in [3.8, 4) is 0 Å². The summed E-state index contributed by atoms with van der Waals surface area (Å²) in [5.74, 6) is 2.30. The Bertz CT molecular complexity index is 523. The number of carbonyl (C=O) groups excluding carboxylic acids is 1. The van der Waals surface area contributed by atoms with Gasteiger partial charge in [0.25, 0.3) is 0 Å². The molecule has 3 heteroatoms. The van der Waals surface area contributed by atoms with Crippen LogP contribution in [0, 0.1) is 34.5 Å². The Labute approximate surface area is 146 Å². The van der Waals surface area contributed by atoms with Crippen LogP contribution in [-0.4, -0.2) is 24.8 Å². The molecule has 3 aliphatic carbocycles. The molecule has 0 aromatic rings. The molecular formula is C21H34O3. The largest absolute Gasteiger partial charge is 0.348 e. The molecule has 2 unspecified atom stereocenters. The maximum atomic E-state index is 13.1. The summed E-state index contributed by atoms with van der Waals surface area (Å²) in [6, 6.07) is 0. The molecule has 4 rings (SSSR count). The SMILES string of the molecule is C[C@@H]1CC2(CC[C@@]3(C)C1CC[C@@]1(C)C(=O)[C@@H](C)CCC31)OCCO2. The summed E-state index contributed by atoms with van der Waals surface area (Å²) in [5, 5.41) is 0. The predicted molar refractivity (Wildman–Crippen MR) is 93.5 cm³/mol. The Morgan fingerprint density at radius 1 is 0.958 bits per heavy atom. The Kier molecular flexibility index (Phi) is 3.93. The van der Waals surface area contributed by atoms with Gasteiger partial charge in [-0.2, -0.15) is 0 Å². The monoisotopic (exact) mass is 334 g/mol. The third-order valence-corrected chi connectivity index (χ3v) is 8.46. The minimum Gasteiger partial charge on any atom is -0.348 e. The molecule has 3 saturated carbocycles. The number of carbonyl (C=O) groups is 1. The maximum Gasteiger partial charge on any atom is 0.168 e. The van der Waals surface area contributed by atoms with Crippen LogP contribution in [-0.2, 0) is 14.3 Å². The number of fused-ring (bicyclic) bond motifs is 3. The van der Waals surface area contributed by atoms with E-state index in [9.17, 15) is 4.79 Å². The second kappa shape index (κ2) is 5.54. The molecule has 1 spiro atoms. The first-order valence-electron chi connectivity index (χ1n) is 10.1. The number of Topliss-reactive ketones (excluding diaryl/α,β-unsaturated/α-hetero) is 1. The molecular weight excluding hydrogens is 300 g/mol. The van der Waals surface area contributed by atoms with E-state index in [0.717, 1.165) is 45.3 Å². The van der Waals surface area contributed by atoms with Gasteiger partial charge in [0.15, 0.2) is 5.79 Å². The van der Waals surface area contributed by atoms with Gasteiger partial charge in [-0.05, 0) is 55.3 Å². The number of ketones is 1. The molecule has 3 nitrogen and oxygen atoms in total. The first kappa shape index (κ1) is 17.0. The predicted octanol–water partition coefficient (Wildman–Crippen LogP) is 4.59. The maximum absolute atomic E-state index is 13.1. The van der Waals surface area contributed by atoms with Crippen LogP contribution in [0.2, 0.25) is 0 Å². The Morgan fingerprint density at radius 2 is 1.67 bits per heavy atom. The van der Waals surface area contributed by atoms with E-state index in [1.807, 2.05) is 0 Å². The fraction of sp³-hybridized carbons (Fsp3) is 0.952. The lowest BCUT2D eigenvalue weighted by molar-refractivity contribution is -0.172. The lowest BCUT2D eigenvalue weighted by atomic mass is 9.44. The molecule has 0 aromatic carbocycles. The standard InChI is InChI=1S/C21H34O3/c1-14-5-6-17-19(3)9-10-21(23-11-12-24-21)13-15(2)16(19)7-8-20(17,4)18(14)22/h14-17H,5-13H2,1-4H3/t14-,15+,16?,17?,19-,20+/m0/s1. The van der Waals surface area contributed by atoms with E-state index >= 15 is 0 Å². The zero-order valence-electron chi connectivity index (χ0n) is 15.9. The summed E-state index contributed by atoms with van der Waals surface area (Å²) >= 11 is 0. The fourth-order valence-electron chi connectivity index (χ4n) is 7.25. The van der Waals surface area contributed by atoms with Gasteiger partial charge in [-0.15, -0.1) is 0 Å². The molecule has 1 saturated heterocycles. The third-order valence-electron chi connectivity index (χ3n) is 8.46. The van der Waals surface area contributed by atoms with Crippen molar-refractivity contribution in [3.63, 3.8) is 0 Å². The first-order valence-corrected chi connectivity index (χ1v) is 10.1. The van der Waals surface area contributed by atoms with Crippen LogP contribution in [0.15, 0.2) is 0 Å². The zero-order chi connectivity index (χ0) is 17.2. The van der Waals surface area contributed by atoms with E-state index in [1.54, 1.807) is 0 Å². The number of hydrogen-bond acceptors (Lipinski definition) is 3. The van der Waals surface area contributed by atoms with E-state index in [1.165, 1.54) is 12.8 Å². The highest BCUT2D eigenvalue weighted by atomic mass is 16.7. The molecule has 1 aliphatic heterocycles. The lowest BCUT2D eigenvalue weighted by Gasteiger charge is -2.59. The highest BCUT2D eigenvalue weighted by Crippen LogP contribution is 2.64. The smallest absolute Gasteiger partial charge is 0.168 e. The molecule has 4 fully saturated rings. The van der Waals surface area contributed by atoms with Crippen LogP contribution < -0.4 is 0 Å². The second-order valence-electron chi connectivity index (χ2n) is 9.75. The van der Waals surface area contributed by atoms with Gasteiger partial charge in [-0.25, -0.2) is 0 Å². The molecule has 0 amide bonds. The van der Waals surface area contributed by atoms with Crippen molar-refractivity contribution in [1.29, 1.82) is 0 Å². The van der Waals surface area contributed by atoms with Gasteiger partial charge in [0.05, 0.1) is 13.2 Å². The summed E-state index contributed by atoms with van der Waals surface area (Å²) in [5.41, 5.74) is 0.151. The van der Waals surface area contributed by atoms with Crippen molar-refractivity contribution in [2.24, 2.45) is 34.5 Å². The van der Waals surface area contributed by atoms with Gasteiger partial charge in [0, 0.05) is 24.2 Å². The van der Waals surface area contributed by atoms with Crippen LogP contribution in [0.5, 0.6) is 0 Å². The lowest BCUT2D eigenvalue weighted by Crippen LogP contribution is -2.56. The zero-order valence-corrected chi connectivity index (χ0v) is 15.9. The van der Waals surface area contributed by atoms with Crippen LogP contribution in [0.1, 0.15) is 72.6 Å². The molecule has 0 radical (unpaired) electrons. The van der Waals surface area contributed by atoms with E-state index in [4.69, 9.17) is 9.47 Å². The minimum atomic E-state index is -0.331. The van der Waals surface area contributed by atoms with Crippen molar-refractivity contribution in [1.82, 2.24) is 0 Å². The normalized spacial score (nSPS) is 51.1. The van der Waals surface area contributed by atoms with E-state index in [-0.39, 0.29) is 22.5 Å². The summed E-state index contributed by atoms with van der Waals surface area (Å²) in [7, 11) is 0. The van der Waals surface area contributed by atoms with Crippen molar-refractivity contribution < 1.29 is 14.3 Å². The molecule has 0 N–H and O–H groups in total. The van der Waals surface area contributed by atoms with Gasteiger partial charge in [0.2, 0.25) is 0 Å². The summed E-state index contributed by atoms with van der Waals surface area (Å²) in [4.78, 5) is 13.1. The van der Waals surface area contributed by atoms with Crippen molar-refractivity contribution in [2.45, 2.75) is 78.4 Å². The van der Waals surface area contributed by atoms with Crippen LogP contribution in [0.3, 0.4) is 0 Å². The molecule has 6 atom stereocenters. The van der Waals surface area contributed by atoms with Gasteiger partial charge in [-0.3, -0.25) is 4.79 Å². The summed E-state index contributed by atoms with van der Waals surface area (Å²) in [6.07, 6.45) is 7.75. The molecule has 0 aromatic heterocycles. The summed E-state index contributed by atoms with van der Waals surface area (Å²) in [6.45, 7) is 10.8. The summed E-state index contributed by atoms with van der Waals surface area (Å²) < 4.78 is 12.2. The molecule has 136 valence electrons. The second-order valence-corrected chi connectivity index (χ2v) is 9.75. The number of rotatable bonds is 0. The number of hydrogen-bond donors (Lipinski definition) is 0. The van der Waals surface area contributed by atoms with Crippen LogP contribution in [0.25, 0.3) is 0 Å². The molecule has 24 heavy (non-hydrogen) atoms. The Hall–Kier alpha value is -0.410. The van der Waals surface area contributed by atoms with Gasteiger partial charge < -0.3 is 9.47 Å².